The lowest BCUT2D eigenvalue weighted by Gasteiger charge is -2.34. The molecule has 8 nitrogen and oxygen atoms in total. The summed E-state index contributed by atoms with van der Waals surface area (Å²) in [6, 6.07) is 2.92. The third kappa shape index (κ3) is 5.14. The maximum absolute atomic E-state index is 13.1. The summed E-state index contributed by atoms with van der Waals surface area (Å²) in [6.07, 6.45) is 7.79. The first-order valence-electron chi connectivity index (χ1n) is 10.5. The average Bonchev–Trinajstić information content (AvgIpc) is 3.44. The summed E-state index contributed by atoms with van der Waals surface area (Å²) in [4.78, 5) is 45.9. The number of hydrogen-bond acceptors (Lipinski definition) is 6. The number of nitrogens with one attached hydrogen (secondary N) is 1. The van der Waals surface area contributed by atoms with Gasteiger partial charge in [-0.3, -0.25) is 14.4 Å². The average molecular weight is 430 g/mol. The summed E-state index contributed by atoms with van der Waals surface area (Å²) in [6.45, 7) is 4.71. The van der Waals surface area contributed by atoms with E-state index in [2.05, 4.69) is 15.2 Å². The van der Waals surface area contributed by atoms with E-state index in [1.807, 2.05) is 4.90 Å². The SMILES string of the molecule is O=C(Cn1cc(C(=O)N2CCCC(CN3CCCC3)C2)ccc1=O)Nc1nccs1. The van der Waals surface area contributed by atoms with Crippen molar-refractivity contribution < 1.29 is 9.59 Å². The predicted octanol–water partition coefficient (Wildman–Crippen LogP) is 1.89. The van der Waals surface area contributed by atoms with Gasteiger partial charge in [0.15, 0.2) is 5.13 Å². The molecule has 30 heavy (non-hydrogen) atoms. The number of piperidine rings is 1. The minimum atomic E-state index is -0.347. The number of hydrogen-bond donors (Lipinski definition) is 1. The lowest BCUT2D eigenvalue weighted by atomic mass is 9.97. The van der Waals surface area contributed by atoms with Gasteiger partial charge in [-0.25, -0.2) is 4.98 Å². The van der Waals surface area contributed by atoms with Gasteiger partial charge in [-0.2, -0.15) is 0 Å². The predicted molar refractivity (Wildman–Crippen MR) is 116 cm³/mol. The minimum absolute atomic E-state index is 0.0739. The fraction of sp³-hybridized carbons (Fsp3) is 0.524. The van der Waals surface area contributed by atoms with Gasteiger partial charge in [0.1, 0.15) is 6.54 Å². The number of nitrogens with zero attached hydrogens (tertiary/aromatic N) is 4. The second-order valence-electron chi connectivity index (χ2n) is 8.04. The van der Waals surface area contributed by atoms with Crippen molar-refractivity contribution in [1.29, 1.82) is 0 Å². The third-order valence-corrected chi connectivity index (χ3v) is 6.43. The second kappa shape index (κ2) is 9.53. The van der Waals surface area contributed by atoms with Gasteiger partial charge in [-0.15, -0.1) is 11.3 Å². The number of anilines is 1. The molecule has 0 spiro atoms. The topological polar surface area (TPSA) is 87.5 Å². The molecule has 1 atom stereocenters. The smallest absolute Gasteiger partial charge is 0.255 e. The molecule has 160 valence electrons. The quantitative estimate of drug-likeness (QED) is 0.758. The van der Waals surface area contributed by atoms with Crippen molar-refractivity contribution in [3.05, 3.63) is 45.8 Å². The first-order valence-corrected chi connectivity index (χ1v) is 11.4. The van der Waals surface area contributed by atoms with Crippen LogP contribution in [0.1, 0.15) is 36.0 Å². The summed E-state index contributed by atoms with van der Waals surface area (Å²) >= 11 is 1.31. The number of rotatable bonds is 6. The molecule has 1 unspecified atom stereocenters. The fourth-order valence-corrected chi connectivity index (χ4v) is 4.84. The molecule has 2 aliphatic heterocycles. The molecule has 0 bridgehead atoms. The molecule has 0 aromatic carbocycles. The van der Waals surface area contributed by atoms with Crippen molar-refractivity contribution in [2.75, 3.05) is 38.0 Å². The Morgan fingerprint density at radius 2 is 2.00 bits per heavy atom. The largest absolute Gasteiger partial charge is 0.338 e. The van der Waals surface area contributed by atoms with E-state index in [1.165, 1.54) is 54.1 Å². The van der Waals surface area contributed by atoms with Crippen molar-refractivity contribution in [2.24, 2.45) is 5.92 Å². The Morgan fingerprint density at radius 1 is 1.17 bits per heavy atom. The van der Waals surface area contributed by atoms with Crippen LogP contribution in [0.4, 0.5) is 5.13 Å². The summed E-state index contributed by atoms with van der Waals surface area (Å²) in [5, 5.41) is 4.90. The standard InChI is InChI=1S/C21H27N5O3S/c27-18(23-21-22-7-11-30-21)15-26-14-17(5-6-19(26)28)20(29)25-10-3-4-16(13-25)12-24-8-1-2-9-24/h5-7,11,14,16H,1-4,8-10,12-13,15H2,(H,22,23,27). The summed E-state index contributed by atoms with van der Waals surface area (Å²) in [5.41, 5.74) is 0.130. The maximum Gasteiger partial charge on any atom is 0.255 e. The van der Waals surface area contributed by atoms with Crippen molar-refractivity contribution >= 4 is 28.3 Å². The first kappa shape index (κ1) is 20.7. The molecular formula is C21H27N5O3S. The van der Waals surface area contributed by atoms with E-state index in [0.717, 1.165) is 32.5 Å². The highest BCUT2D eigenvalue weighted by Crippen LogP contribution is 2.21. The van der Waals surface area contributed by atoms with Gasteiger partial charge >= 0.3 is 0 Å². The zero-order valence-corrected chi connectivity index (χ0v) is 17.8. The number of likely N-dealkylation sites (tertiary alicyclic amines) is 2. The lowest BCUT2D eigenvalue weighted by molar-refractivity contribution is -0.116. The summed E-state index contributed by atoms with van der Waals surface area (Å²) in [5.74, 6) is 0.0753. The van der Waals surface area contributed by atoms with Crippen LogP contribution in [0.3, 0.4) is 0 Å². The molecule has 2 amide bonds. The highest BCUT2D eigenvalue weighted by Gasteiger charge is 2.27. The Balaban J connectivity index is 1.40. The van der Waals surface area contributed by atoms with Crippen LogP contribution in [0.15, 0.2) is 34.7 Å². The molecule has 2 fully saturated rings. The molecule has 4 rings (SSSR count). The van der Waals surface area contributed by atoms with E-state index in [-0.39, 0.29) is 23.9 Å². The van der Waals surface area contributed by atoms with Crippen molar-refractivity contribution in [3.8, 4) is 0 Å². The number of thiazole rings is 1. The van der Waals surface area contributed by atoms with Crippen LogP contribution >= 0.6 is 11.3 Å². The molecule has 0 aliphatic carbocycles. The minimum Gasteiger partial charge on any atom is -0.338 e. The van der Waals surface area contributed by atoms with E-state index >= 15 is 0 Å². The Morgan fingerprint density at radius 3 is 2.77 bits per heavy atom. The second-order valence-corrected chi connectivity index (χ2v) is 8.93. The summed E-state index contributed by atoms with van der Waals surface area (Å²) in [7, 11) is 0. The van der Waals surface area contributed by atoms with Crippen molar-refractivity contribution in [2.45, 2.75) is 32.2 Å². The van der Waals surface area contributed by atoms with Gasteiger partial charge in [0, 0.05) is 43.5 Å². The highest BCUT2D eigenvalue weighted by molar-refractivity contribution is 7.13. The van der Waals surface area contributed by atoms with Crippen LogP contribution < -0.4 is 10.9 Å². The van der Waals surface area contributed by atoms with Crippen molar-refractivity contribution in [1.82, 2.24) is 19.4 Å². The van der Waals surface area contributed by atoms with Crippen LogP contribution in [0.25, 0.3) is 0 Å². The normalized spacial score (nSPS) is 19.7. The zero-order valence-electron chi connectivity index (χ0n) is 17.0. The number of pyridine rings is 1. The molecule has 4 heterocycles. The molecule has 2 aliphatic rings. The molecule has 2 aromatic rings. The van der Waals surface area contributed by atoms with Crippen LogP contribution in [0, 0.1) is 5.92 Å². The molecule has 9 heteroatoms. The summed E-state index contributed by atoms with van der Waals surface area (Å²) < 4.78 is 1.28. The highest BCUT2D eigenvalue weighted by atomic mass is 32.1. The van der Waals surface area contributed by atoms with Gasteiger partial charge < -0.3 is 19.7 Å². The number of carbonyl (C=O) groups excluding carboxylic acids is 2. The van der Waals surface area contributed by atoms with Gasteiger partial charge in [0.25, 0.3) is 11.5 Å². The number of amides is 2. The van der Waals surface area contributed by atoms with E-state index in [1.54, 1.807) is 17.6 Å². The Labute approximate surface area is 179 Å². The van der Waals surface area contributed by atoms with Gasteiger partial charge in [-0.05, 0) is 50.8 Å². The van der Waals surface area contributed by atoms with Gasteiger partial charge in [0.2, 0.25) is 5.91 Å². The lowest BCUT2D eigenvalue weighted by Crippen LogP contribution is -2.43. The fourth-order valence-electron chi connectivity index (χ4n) is 4.29. The monoisotopic (exact) mass is 429 g/mol. The van der Waals surface area contributed by atoms with E-state index in [0.29, 0.717) is 16.6 Å². The van der Waals surface area contributed by atoms with Crippen LogP contribution in [-0.4, -0.2) is 63.9 Å². The van der Waals surface area contributed by atoms with Gasteiger partial charge in [-0.1, -0.05) is 0 Å². The zero-order chi connectivity index (χ0) is 20.9. The van der Waals surface area contributed by atoms with Crippen molar-refractivity contribution in [3.63, 3.8) is 0 Å². The Kier molecular flexibility index (Phi) is 6.59. The van der Waals surface area contributed by atoms with E-state index in [4.69, 9.17) is 0 Å². The number of carbonyl (C=O) groups is 2. The van der Waals surface area contributed by atoms with Crippen LogP contribution in [-0.2, 0) is 11.3 Å². The molecule has 2 saturated heterocycles. The maximum atomic E-state index is 13.1. The van der Waals surface area contributed by atoms with E-state index < -0.39 is 0 Å². The molecular weight excluding hydrogens is 402 g/mol. The number of aromatic nitrogens is 2. The Bertz CT molecular complexity index is 936. The van der Waals surface area contributed by atoms with E-state index in [9.17, 15) is 14.4 Å². The molecule has 0 saturated carbocycles. The molecule has 2 aromatic heterocycles. The first-order chi connectivity index (χ1) is 14.6. The van der Waals surface area contributed by atoms with Gasteiger partial charge in [0.05, 0.1) is 5.56 Å². The molecule has 0 radical (unpaired) electrons. The molecule has 1 N–H and O–H groups in total. The van der Waals surface area contributed by atoms with Crippen LogP contribution in [0.5, 0.6) is 0 Å². The third-order valence-electron chi connectivity index (χ3n) is 5.74. The van der Waals surface area contributed by atoms with Crippen LogP contribution in [0.2, 0.25) is 0 Å². The Hall–Kier alpha value is -2.52.